The number of hydrogen-bond donors (Lipinski definition) is 0. The second kappa shape index (κ2) is 7.91. The third-order valence-electron chi connectivity index (χ3n) is 4.23. The lowest BCUT2D eigenvalue weighted by Gasteiger charge is -2.30. The molecule has 0 aliphatic heterocycles. The van der Waals surface area contributed by atoms with Gasteiger partial charge >= 0.3 is 5.97 Å². The number of carbonyl (C=O) groups excluding carboxylic acids is 1. The first-order chi connectivity index (χ1) is 8.98. The van der Waals surface area contributed by atoms with Crippen molar-refractivity contribution in [3.05, 3.63) is 0 Å². The fraction of sp³-hybridized carbons (Fsp3) is 0.941. The van der Waals surface area contributed by atoms with E-state index < -0.39 is 0 Å². The van der Waals surface area contributed by atoms with Gasteiger partial charge < -0.3 is 4.74 Å². The summed E-state index contributed by atoms with van der Waals surface area (Å²) in [6.45, 7) is 8.62. The Morgan fingerprint density at radius 1 is 1.21 bits per heavy atom. The highest BCUT2D eigenvalue weighted by atomic mass is 16.5. The van der Waals surface area contributed by atoms with E-state index in [0.29, 0.717) is 5.92 Å². The van der Waals surface area contributed by atoms with Gasteiger partial charge in [0.05, 0.1) is 5.41 Å². The van der Waals surface area contributed by atoms with Crippen LogP contribution in [0.25, 0.3) is 0 Å². The molecule has 2 nitrogen and oxygen atoms in total. The van der Waals surface area contributed by atoms with E-state index in [4.69, 9.17) is 4.74 Å². The van der Waals surface area contributed by atoms with Crippen LogP contribution in [0, 0.1) is 11.3 Å². The van der Waals surface area contributed by atoms with Crippen molar-refractivity contribution < 1.29 is 9.53 Å². The van der Waals surface area contributed by atoms with Gasteiger partial charge in [0.15, 0.2) is 0 Å². The zero-order valence-electron chi connectivity index (χ0n) is 13.3. The van der Waals surface area contributed by atoms with Gasteiger partial charge in [-0.2, -0.15) is 0 Å². The third kappa shape index (κ3) is 5.54. The summed E-state index contributed by atoms with van der Waals surface area (Å²) in [4.78, 5) is 12.5. The number of hydrogen-bond acceptors (Lipinski definition) is 2. The fourth-order valence-electron chi connectivity index (χ4n) is 3.39. The van der Waals surface area contributed by atoms with Crippen molar-refractivity contribution >= 4 is 5.97 Å². The smallest absolute Gasteiger partial charge is 0.312 e. The van der Waals surface area contributed by atoms with Crippen LogP contribution >= 0.6 is 0 Å². The molecule has 1 aliphatic rings. The van der Waals surface area contributed by atoms with E-state index >= 15 is 0 Å². The fourth-order valence-corrected chi connectivity index (χ4v) is 3.39. The second-order valence-corrected chi connectivity index (χ2v) is 6.93. The highest BCUT2D eigenvalue weighted by Gasteiger charge is 2.36. The molecule has 0 saturated heterocycles. The van der Waals surface area contributed by atoms with E-state index in [1.165, 1.54) is 25.7 Å². The van der Waals surface area contributed by atoms with Crippen LogP contribution in [0.2, 0.25) is 0 Å². The summed E-state index contributed by atoms with van der Waals surface area (Å²) in [5, 5.41) is 0. The van der Waals surface area contributed by atoms with E-state index in [2.05, 4.69) is 27.7 Å². The molecule has 0 amide bonds. The normalized spacial score (nSPS) is 20.9. The summed E-state index contributed by atoms with van der Waals surface area (Å²) in [5.74, 6) is 0.591. The van der Waals surface area contributed by atoms with Crippen molar-refractivity contribution in [1.82, 2.24) is 0 Å². The van der Waals surface area contributed by atoms with Crippen molar-refractivity contribution in [3.63, 3.8) is 0 Å². The average molecular weight is 268 g/mol. The second-order valence-electron chi connectivity index (χ2n) is 6.93. The van der Waals surface area contributed by atoms with Gasteiger partial charge in [-0.05, 0) is 51.4 Å². The molecule has 0 bridgehead atoms. The molecular weight excluding hydrogens is 236 g/mol. The highest BCUT2D eigenvalue weighted by Crippen LogP contribution is 2.34. The topological polar surface area (TPSA) is 26.3 Å². The van der Waals surface area contributed by atoms with Crippen LogP contribution in [-0.4, -0.2) is 12.1 Å². The quantitative estimate of drug-likeness (QED) is 0.494. The highest BCUT2D eigenvalue weighted by molar-refractivity contribution is 5.76. The van der Waals surface area contributed by atoms with E-state index in [1.807, 2.05) is 0 Å². The van der Waals surface area contributed by atoms with E-state index in [1.54, 1.807) is 0 Å². The van der Waals surface area contributed by atoms with Crippen molar-refractivity contribution in [2.24, 2.45) is 11.3 Å². The Bertz CT molecular complexity index is 264. The van der Waals surface area contributed by atoms with Gasteiger partial charge in [0.25, 0.3) is 0 Å². The molecule has 0 aromatic heterocycles. The largest absolute Gasteiger partial charge is 0.462 e. The minimum Gasteiger partial charge on any atom is -0.462 e. The molecule has 0 radical (unpaired) electrons. The molecule has 1 saturated carbocycles. The lowest BCUT2D eigenvalue weighted by molar-refractivity contribution is -0.162. The molecule has 0 N–H and O–H groups in total. The Balaban J connectivity index is 2.59. The van der Waals surface area contributed by atoms with Crippen LogP contribution < -0.4 is 0 Å². The van der Waals surface area contributed by atoms with Gasteiger partial charge in [0.2, 0.25) is 0 Å². The average Bonchev–Trinajstić information content (AvgIpc) is 2.56. The summed E-state index contributed by atoms with van der Waals surface area (Å²) in [7, 11) is 0. The van der Waals surface area contributed by atoms with Crippen molar-refractivity contribution in [2.45, 2.75) is 91.6 Å². The van der Waals surface area contributed by atoms with Crippen LogP contribution in [0.1, 0.15) is 85.5 Å². The Labute approximate surface area is 119 Å². The van der Waals surface area contributed by atoms with Gasteiger partial charge in [-0.15, -0.1) is 0 Å². The number of esters is 1. The maximum absolute atomic E-state index is 12.5. The Morgan fingerprint density at radius 3 is 2.26 bits per heavy atom. The summed E-state index contributed by atoms with van der Waals surface area (Å²) in [6.07, 6.45) is 10.3. The summed E-state index contributed by atoms with van der Waals surface area (Å²) < 4.78 is 5.85. The summed E-state index contributed by atoms with van der Waals surface area (Å²) in [6, 6.07) is 0. The molecule has 19 heavy (non-hydrogen) atoms. The Hall–Kier alpha value is -0.530. The molecule has 0 spiro atoms. The lowest BCUT2D eigenvalue weighted by atomic mass is 9.78. The van der Waals surface area contributed by atoms with Gasteiger partial charge in [0.1, 0.15) is 6.10 Å². The molecular formula is C17H32O2. The van der Waals surface area contributed by atoms with Crippen molar-refractivity contribution in [1.29, 1.82) is 0 Å². The maximum atomic E-state index is 12.5. The molecule has 1 aliphatic carbocycles. The summed E-state index contributed by atoms with van der Waals surface area (Å²) in [5.41, 5.74) is -0.283. The predicted octanol–water partition coefficient (Wildman–Crippen LogP) is 5.10. The van der Waals surface area contributed by atoms with Gasteiger partial charge in [-0.25, -0.2) is 0 Å². The maximum Gasteiger partial charge on any atom is 0.312 e. The zero-order valence-corrected chi connectivity index (χ0v) is 13.3. The Kier molecular flexibility index (Phi) is 6.88. The lowest BCUT2D eigenvalue weighted by Crippen LogP contribution is -2.34. The minimum absolute atomic E-state index is 0.0509. The predicted molar refractivity (Wildman–Crippen MR) is 80.1 cm³/mol. The first-order valence-electron chi connectivity index (χ1n) is 8.19. The van der Waals surface area contributed by atoms with Crippen LogP contribution in [0.5, 0.6) is 0 Å². The standard InChI is InChI=1S/C17H32O2/c1-5-12-17(4,13-14(2)3)16(18)19-15-10-8-6-7-9-11-15/h14-15H,5-13H2,1-4H3. The Morgan fingerprint density at radius 2 is 1.79 bits per heavy atom. The molecule has 1 unspecified atom stereocenters. The van der Waals surface area contributed by atoms with E-state index in [9.17, 15) is 4.79 Å². The van der Waals surface area contributed by atoms with Crippen LogP contribution in [0.15, 0.2) is 0 Å². The number of rotatable bonds is 6. The monoisotopic (exact) mass is 268 g/mol. The van der Waals surface area contributed by atoms with E-state index in [0.717, 1.165) is 32.1 Å². The van der Waals surface area contributed by atoms with Gasteiger partial charge in [0, 0.05) is 0 Å². The van der Waals surface area contributed by atoms with Gasteiger partial charge in [-0.1, -0.05) is 40.0 Å². The molecule has 112 valence electrons. The molecule has 1 rings (SSSR count). The van der Waals surface area contributed by atoms with Gasteiger partial charge in [-0.3, -0.25) is 4.79 Å². The molecule has 0 aromatic rings. The van der Waals surface area contributed by atoms with E-state index in [-0.39, 0.29) is 17.5 Å². The van der Waals surface area contributed by atoms with Crippen LogP contribution in [0.4, 0.5) is 0 Å². The molecule has 0 heterocycles. The van der Waals surface area contributed by atoms with Crippen LogP contribution in [0.3, 0.4) is 0 Å². The number of ether oxygens (including phenoxy) is 1. The first kappa shape index (κ1) is 16.5. The molecule has 1 atom stereocenters. The van der Waals surface area contributed by atoms with Crippen molar-refractivity contribution in [2.75, 3.05) is 0 Å². The van der Waals surface area contributed by atoms with Crippen molar-refractivity contribution in [3.8, 4) is 0 Å². The minimum atomic E-state index is -0.283. The summed E-state index contributed by atoms with van der Waals surface area (Å²) >= 11 is 0. The molecule has 1 fully saturated rings. The third-order valence-corrected chi connectivity index (χ3v) is 4.23. The SMILES string of the molecule is CCCC(C)(CC(C)C)C(=O)OC1CCCCCC1. The van der Waals surface area contributed by atoms with Crippen LogP contribution in [-0.2, 0) is 9.53 Å². The first-order valence-corrected chi connectivity index (χ1v) is 8.19. The number of carbonyl (C=O) groups is 1. The zero-order chi connectivity index (χ0) is 14.3. The molecule has 2 heteroatoms. The molecule has 0 aromatic carbocycles.